The van der Waals surface area contributed by atoms with E-state index in [0.29, 0.717) is 32.0 Å². The molecule has 0 aromatic heterocycles. The quantitative estimate of drug-likeness (QED) is 0.269. The summed E-state index contributed by atoms with van der Waals surface area (Å²) in [4.78, 5) is 16.0. The smallest absolute Gasteiger partial charge is 0.407 e. The highest BCUT2D eigenvalue weighted by atomic mass is 16.6. The zero-order chi connectivity index (χ0) is 21.7. The molecular formula is C21H36N4O4. The molecule has 0 aliphatic carbocycles. The van der Waals surface area contributed by atoms with Crippen LogP contribution in [0.2, 0.25) is 0 Å². The maximum Gasteiger partial charge on any atom is 0.407 e. The highest BCUT2D eigenvalue weighted by molar-refractivity contribution is 5.79. The van der Waals surface area contributed by atoms with Gasteiger partial charge in [-0.25, -0.2) is 4.79 Å². The van der Waals surface area contributed by atoms with Crippen molar-refractivity contribution in [1.82, 2.24) is 16.0 Å². The number of nitrogens with one attached hydrogen (secondary N) is 3. The number of carbonyl (C=O) groups excluding carboxylic acids is 1. The summed E-state index contributed by atoms with van der Waals surface area (Å²) >= 11 is 0. The zero-order valence-electron chi connectivity index (χ0n) is 18.2. The van der Waals surface area contributed by atoms with Gasteiger partial charge in [0.15, 0.2) is 5.96 Å². The number of amides is 1. The summed E-state index contributed by atoms with van der Waals surface area (Å²) in [6.07, 6.45) is -0.419. The highest BCUT2D eigenvalue weighted by Gasteiger charge is 2.15. The fourth-order valence-electron chi connectivity index (χ4n) is 2.29. The average molecular weight is 409 g/mol. The van der Waals surface area contributed by atoms with Gasteiger partial charge in [-0.3, -0.25) is 4.99 Å². The number of aliphatic hydroxyl groups excluding tert-OH is 1. The van der Waals surface area contributed by atoms with Gasteiger partial charge in [0.1, 0.15) is 24.1 Å². The van der Waals surface area contributed by atoms with Gasteiger partial charge in [-0.1, -0.05) is 12.1 Å². The van der Waals surface area contributed by atoms with E-state index in [-0.39, 0.29) is 13.2 Å². The Bertz CT molecular complexity index is 644. The van der Waals surface area contributed by atoms with Gasteiger partial charge in [-0.2, -0.15) is 0 Å². The molecule has 8 heteroatoms. The van der Waals surface area contributed by atoms with Crippen molar-refractivity contribution < 1.29 is 19.4 Å². The van der Waals surface area contributed by atoms with E-state index in [1.165, 1.54) is 0 Å². The lowest BCUT2D eigenvalue weighted by molar-refractivity contribution is 0.0527. The molecule has 0 saturated carbocycles. The van der Waals surface area contributed by atoms with Crippen molar-refractivity contribution in [2.45, 2.75) is 52.7 Å². The van der Waals surface area contributed by atoms with Crippen molar-refractivity contribution in [2.75, 3.05) is 32.8 Å². The Morgan fingerprint density at radius 1 is 1.21 bits per heavy atom. The van der Waals surface area contributed by atoms with Crippen LogP contribution in [0.25, 0.3) is 0 Å². The van der Waals surface area contributed by atoms with Crippen molar-refractivity contribution >= 4 is 12.1 Å². The molecule has 29 heavy (non-hydrogen) atoms. The third-order valence-corrected chi connectivity index (χ3v) is 3.55. The summed E-state index contributed by atoms with van der Waals surface area (Å²) in [5, 5.41) is 19.1. The van der Waals surface area contributed by atoms with Crippen LogP contribution in [-0.2, 0) is 4.74 Å². The van der Waals surface area contributed by atoms with Gasteiger partial charge in [-0.05, 0) is 58.7 Å². The number of nitrogens with zero attached hydrogens (tertiary/aromatic N) is 1. The first-order valence-corrected chi connectivity index (χ1v) is 10.1. The van der Waals surface area contributed by atoms with E-state index in [1.54, 1.807) is 0 Å². The van der Waals surface area contributed by atoms with Crippen LogP contribution in [0.15, 0.2) is 29.3 Å². The molecule has 1 unspecified atom stereocenters. The first kappa shape index (κ1) is 24.6. The molecule has 4 N–H and O–H groups in total. The van der Waals surface area contributed by atoms with Gasteiger partial charge in [0.2, 0.25) is 0 Å². The van der Waals surface area contributed by atoms with Crippen LogP contribution in [-0.4, -0.2) is 61.7 Å². The number of hydrogen-bond acceptors (Lipinski definition) is 5. The van der Waals surface area contributed by atoms with Crippen LogP contribution in [0.4, 0.5) is 4.79 Å². The molecule has 0 spiro atoms. The second-order valence-electron chi connectivity index (χ2n) is 7.71. The van der Waals surface area contributed by atoms with Crippen LogP contribution in [0, 0.1) is 6.92 Å². The van der Waals surface area contributed by atoms with E-state index in [2.05, 4.69) is 20.9 Å². The number of rotatable bonds is 10. The minimum atomic E-state index is -0.709. The molecule has 0 radical (unpaired) electrons. The summed E-state index contributed by atoms with van der Waals surface area (Å²) in [6.45, 7) is 11.7. The number of aliphatic hydroxyl groups is 1. The Balaban J connectivity index is 2.29. The van der Waals surface area contributed by atoms with Crippen molar-refractivity contribution in [3.05, 3.63) is 29.8 Å². The number of guanidine groups is 1. The lowest BCUT2D eigenvalue weighted by Gasteiger charge is -2.19. The Kier molecular flexibility index (Phi) is 10.9. The normalized spacial score (nSPS) is 12.8. The van der Waals surface area contributed by atoms with Crippen LogP contribution in [0.1, 0.15) is 39.7 Å². The standard InChI is InChI=1S/C21H36N4O4/c1-6-22-19(23-11-8-12-24-20(27)29-21(3,4)5)25-14-17(26)15-28-18-10-7-9-16(2)13-18/h7,9-10,13,17,26H,6,8,11-12,14-15H2,1-5H3,(H,24,27)(H2,22,23,25). The van der Waals surface area contributed by atoms with Gasteiger partial charge >= 0.3 is 6.09 Å². The monoisotopic (exact) mass is 408 g/mol. The molecular weight excluding hydrogens is 372 g/mol. The third-order valence-electron chi connectivity index (χ3n) is 3.55. The summed E-state index contributed by atoms with van der Waals surface area (Å²) in [5.74, 6) is 1.34. The molecule has 0 aliphatic rings. The lowest BCUT2D eigenvalue weighted by Crippen LogP contribution is -2.40. The molecule has 1 aromatic carbocycles. The molecule has 164 valence electrons. The minimum Gasteiger partial charge on any atom is -0.491 e. The molecule has 0 bridgehead atoms. The van der Waals surface area contributed by atoms with E-state index < -0.39 is 17.8 Å². The summed E-state index contributed by atoms with van der Waals surface area (Å²) in [7, 11) is 0. The molecule has 0 fully saturated rings. The van der Waals surface area contributed by atoms with Gasteiger partial charge in [0, 0.05) is 19.6 Å². The van der Waals surface area contributed by atoms with Gasteiger partial charge in [0.05, 0.1) is 6.54 Å². The number of ether oxygens (including phenoxy) is 2. The molecule has 1 atom stereocenters. The topological polar surface area (TPSA) is 104 Å². The van der Waals surface area contributed by atoms with Crippen molar-refractivity contribution in [3.63, 3.8) is 0 Å². The molecule has 8 nitrogen and oxygen atoms in total. The van der Waals surface area contributed by atoms with Crippen LogP contribution >= 0.6 is 0 Å². The molecule has 1 rings (SSSR count). The number of alkyl carbamates (subject to hydrolysis) is 1. The van der Waals surface area contributed by atoms with Crippen LogP contribution in [0.5, 0.6) is 5.75 Å². The number of aliphatic imine (C=N–C) groups is 1. The number of benzene rings is 1. The number of carbonyl (C=O) groups is 1. The highest BCUT2D eigenvalue weighted by Crippen LogP contribution is 2.12. The minimum absolute atomic E-state index is 0.173. The van der Waals surface area contributed by atoms with Gasteiger partial charge < -0.3 is 30.5 Å². The average Bonchev–Trinajstić information content (AvgIpc) is 2.62. The molecule has 1 amide bonds. The van der Waals surface area contributed by atoms with E-state index in [1.807, 2.05) is 58.9 Å². The van der Waals surface area contributed by atoms with Gasteiger partial charge in [0.25, 0.3) is 0 Å². The first-order chi connectivity index (χ1) is 13.7. The van der Waals surface area contributed by atoms with Crippen LogP contribution in [0.3, 0.4) is 0 Å². The first-order valence-electron chi connectivity index (χ1n) is 10.1. The van der Waals surface area contributed by atoms with Crippen molar-refractivity contribution in [3.8, 4) is 5.75 Å². The predicted molar refractivity (Wildman–Crippen MR) is 116 cm³/mol. The molecule has 0 heterocycles. The van der Waals surface area contributed by atoms with E-state index >= 15 is 0 Å². The fraction of sp³-hybridized carbons (Fsp3) is 0.619. The summed E-state index contributed by atoms with van der Waals surface area (Å²) in [6, 6.07) is 7.69. The SMILES string of the molecule is CCNC(=NCC(O)COc1cccc(C)c1)NCCCNC(=O)OC(C)(C)C. The van der Waals surface area contributed by atoms with Crippen molar-refractivity contribution in [2.24, 2.45) is 4.99 Å². The maximum absolute atomic E-state index is 11.6. The molecule has 1 aromatic rings. The lowest BCUT2D eigenvalue weighted by atomic mass is 10.2. The Labute approximate surface area is 174 Å². The largest absolute Gasteiger partial charge is 0.491 e. The van der Waals surface area contributed by atoms with Gasteiger partial charge in [-0.15, -0.1) is 0 Å². The molecule has 0 saturated heterocycles. The maximum atomic E-state index is 11.6. The predicted octanol–water partition coefficient (Wildman–Crippen LogP) is 2.20. The Hall–Kier alpha value is -2.48. The Morgan fingerprint density at radius 2 is 1.93 bits per heavy atom. The number of hydrogen-bond donors (Lipinski definition) is 4. The summed E-state index contributed by atoms with van der Waals surface area (Å²) < 4.78 is 10.8. The third kappa shape index (κ3) is 12.6. The summed E-state index contributed by atoms with van der Waals surface area (Å²) in [5.41, 5.74) is 0.603. The van der Waals surface area contributed by atoms with E-state index in [9.17, 15) is 9.90 Å². The van der Waals surface area contributed by atoms with E-state index in [0.717, 1.165) is 11.3 Å². The second kappa shape index (κ2) is 12.9. The van der Waals surface area contributed by atoms with E-state index in [4.69, 9.17) is 9.47 Å². The van der Waals surface area contributed by atoms with Crippen molar-refractivity contribution in [1.29, 1.82) is 0 Å². The number of aryl methyl sites for hydroxylation is 1. The Morgan fingerprint density at radius 3 is 2.59 bits per heavy atom. The molecule has 0 aliphatic heterocycles. The zero-order valence-corrected chi connectivity index (χ0v) is 18.2. The van der Waals surface area contributed by atoms with Crippen LogP contribution < -0.4 is 20.7 Å². The fourth-order valence-corrected chi connectivity index (χ4v) is 2.29. The second-order valence-corrected chi connectivity index (χ2v) is 7.71.